The Morgan fingerprint density at radius 2 is 1.86 bits per heavy atom. The normalized spacial score (nSPS) is 18.5. The average molecular weight is 600 g/mol. The van der Waals surface area contributed by atoms with Crippen LogP contribution in [0, 0.1) is 17.0 Å². The van der Waals surface area contributed by atoms with Crippen molar-refractivity contribution in [3.05, 3.63) is 102 Å². The molecule has 0 aromatic heterocycles. The minimum Gasteiger partial charge on any atom is -0.347 e. The van der Waals surface area contributed by atoms with Gasteiger partial charge in [-0.15, -0.1) is 0 Å². The largest absolute Gasteiger partial charge is 0.347 e. The molecule has 4 nitrogen and oxygen atoms in total. The van der Waals surface area contributed by atoms with Crippen molar-refractivity contribution in [2.75, 3.05) is 11.9 Å². The number of anilines is 1. The number of rotatable bonds is 5. The van der Waals surface area contributed by atoms with Crippen molar-refractivity contribution in [2.24, 2.45) is 0 Å². The molecule has 0 bridgehead atoms. The zero-order valence-corrected chi connectivity index (χ0v) is 24.0. The summed E-state index contributed by atoms with van der Waals surface area (Å²) in [4.78, 5) is 13.4. The zero-order chi connectivity index (χ0) is 25.5. The van der Waals surface area contributed by atoms with Crippen LogP contribution in [0.1, 0.15) is 62.6 Å². The first-order valence-corrected chi connectivity index (χ1v) is 13.6. The molecule has 1 aliphatic heterocycles. The molecule has 2 aromatic carbocycles. The first kappa shape index (κ1) is 25.9. The second-order valence-corrected chi connectivity index (χ2v) is 12.1. The minimum atomic E-state index is -0.316. The summed E-state index contributed by atoms with van der Waals surface area (Å²) in [5.74, 6) is 0. The Kier molecular flexibility index (Phi) is 7.18. The van der Waals surface area contributed by atoms with E-state index in [1.54, 1.807) is 6.07 Å². The standard InChI is InChI=1S/C29H32Br2N2O2/c1-19-12-13-21(30)16-22(19)28(3,4)20(2)10-9-11-27-29(14-7-6-8-15-29)23-17-24(31)26(33(34)35)18-25(23)32(27)5/h9-13,16-18H,2,6-8,14-15H2,1,3-5H3/b10-9+,27-11+. The molecule has 1 fully saturated rings. The van der Waals surface area contributed by atoms with Gasteiger partial charge in [0, 0.05) is 34.1 Å². The quantitative estimate of drug-likeness (QED) is 0.196. The lowest BCUT2D eigenvalue weighted by Gasteiger charge is -2.36. The highest BCUT2D eigenvalue weighted by atomic mass is 79.9. The third kappa shape index (κ3) is 4.55. The van der Waals surface area contributed by atoms with E-state index < -0.39 is 0 Å². The van der Waals surface area contributed by atoms with Gasteiger partial charge in [0.25, 0.3) is 5.69 Å². The van der Waals surface area contributed by atoms with E-state index in [1.165, 1.54) is 28.8 Å². The highest BCUT2D eigenvalue weighted by Crippen LogP contribution is 2.56. The van der Waals surface area contributed by atoms with Crippen LogP contribution in [0.4, 0.5) is 11.4 Å². The molecule has 0 N–H and O–H groups in total. The second-order valence-electron chi connectivity index (χ2n) is 10.3. The topological polar surface area (TPSA) is 46.4 Å². The molecular weight excluding hydrogens is 568 g/mol. The molecule has 35 heavy (non-hydrogen) atoms. The number of aryl methyl sites for hydroxylation is 1. The number of halogens is 2. The van der Waals surface area contributed by atoms with Crippen LogP contribution in [0.5, 0.6) is 0 Å². The maximum Gasteiger partial charge on any atom is 0.285 e. The Bertz CT molecular complexity index is 1250. The van der Waals surface area contributed by atoms with Gasteiger partial charge in [-0.2, -0.15) is 0 Å². The number of nitro groups is 1. The Labute approximate surface area is 225 Å². The third-order valence-corrected chi connectivity index (χ3v) is 9.05. The van der Waals surface area contributed by atoms with Crippen molar-refractivity contribution in [2.45, 2.75) is 63.7 Å². The molecule has 0 amide bonds. The van der Waals surface area contributed by atoms with E-state index in [9.17, 15) is 10.1 Å². The molecule has 0 radical (unpaired) electrons. The smallest absolute Gasteiger partial charge is 0.285 e. The van der Waals surface area contributed by atoms with Gasteiger partial charge in [0.15, 0.2) is 0 Å². The van der Waals surface area contributed by atoms with Crippen LogP contribution in [0.2, 0.25) is 0 Å². The van der Waals surface area contributed by atoms with Crippen molar-refractivity contribution >= 4 is 43.2 Å². The molecule has 4 rings (SSSR count). The van der Waals surface area contributed by atoms with Crippen LogP contribution < -0.4 is 4.90 Å². The lowest BCUT2D eigenvalue weighted by Crippen LogP contribution is -2.31. The molecule has 0 atom stereocenters. The van der Waals surface area contributed by atoms with Crippen LogP contribution in [-0.2, 0) is 10.8 Å². The number of nitrogens with zero attached hydrogens (tertiary/aromatic N) is 2. The molecule has 1 saturated carbocycles. The van der Waals surface area contributed by atoms with E-state index in [2.05, 4.69) is 101 Å². The van der Waals surface area contributed by atoms with Crippen molar-refractivity contribution in [1.29, 1.82) is 0 Å². The lowest BCUT2D eigenvalue weighted by atomic mass is 9.68. The predicted octanol–water partition coefficient (Wildman–Crippen LogP) is 9.05. The predicted molar refractivity (Wildman–Crippen MR) is 152 cm³/mol. The summed E-state index contributed by atoms with van der Waals surface area (Å²) in [5.41, 5.74) is 6.64. The summed E-state index contributed by atoms with van der Waals surface area (Å²) in [6, 6.07) is 10.1. The second kappa shape index (κ2) is 9.70. The Balaban J connectivity index is 1.72. The van der Waals surface area contributed by atoms with Gasteiger partial charge in [-0.3, -0.25) is 10.1 Å². The lowest BCUT2D eigenvalue weighted by molar-refractivity contribution is -0.385. The van der Waals surface area contributed by atoms with Crippen LogP contribution in [-0.4, -0.2) is 12.0 Å². The van der Waals surface area contributed by atoms with Crippen molar-refractivity contribution in [1.82, 2.24) is 0 Å². The summed E-state index contributed by atoms with van der Waals surface area (Å²) >= 11 is 7.07. The van der Waals surface area contributed by atoms with Crippen molar-refractivity contribution < 1.29 is 4.92 Å². The molecule has 0 saturated heterocycles. The zero-order valence-electron chi connectivity index (χ0n) is 20.8. The van der Waals surface area contributed by atoms with Gasteiger partial charge in [0.1, 0.15) is 0 Å². The Morgan fingerprint density at radius 3 is 2.51 bits per heavy atom. The van der Waals surface area contributed by atoms with Gasteiger partial charge in [-0.1, -0.05) is 73.8 Å². The monoisotopic (exact) mass is 598 g/mol. The molecule has 2 aliphatic rings. The number of benzene rings is 2. The van der Waals surface area contributed by atoms with Crippen LogP contribution in [0.15, 0.2) is 75.4 Å². The van der Waals surface area contributed by atoms with Gasteiger partial charge >= 0.3 is 0 Å². The minimum absolute atomic E-state index is 0.109. The van der Waals surface area contributed by atoms with E-state index in [4.69, 9.17) is 0 Å². The number of hydrogen-bond acceptors (Lipinski definition) is 3. The number of allylic oxidation sites excluding steroid dienone is 5. The summed E-state index contributed by atoms with van der Waals surface area (Å²) < 4.78 is 1.62. The van der Waals surface area contributed by atoms with Crippen molar-refractivity contribution in [3.8, 4) is 0 Å². The van der Waals surface area contributed by atoms with E-state index in [1.807, 2.05) is 13.1 Å². The molecule has 1 aliphatic carbocycles. The molecule has 1 spiro atoms. The van der Waals surface area contributed by atoms with Crippen LogP contribution in [0.3, 0.4) is 0 Å². The first-order chi connectivity index (χ1) is 16.5. The fraction of sp³-hybridized carbons (Fsp3) is 0.379. The molecule has 0 unspecified atom stereocenters. The third-order valence-electron chi connectivity index (χ3n) is 7.92. The number of hydrogen-bond donors (Lipinski definition) is 0. The van der Waals surface area contributed by atoms with E-state index in [0.717, 1.165) is 41.4 Å². The molecule has 1 heterocycles. The number of likely N-dealkylation sites (N-methyl/N-ethyl adjacent to an activating group) is 1. The number of nitro benzene ring substituents is 1. The van der Waals surface area contributed by atoms with E-state index in [0.29, 0.717) is 4.47 Å². The summed E-state index contributed by atoms with van der Waals surface area (Å²) in [6.45, 7) is 11.0. The maximum absolute atomic E-state index is 11.6. The molecule has 6 heteroatoms. The van der Waals surface area contributed by atoms with Crippen LogP contribution in [0.25, 0.3) is 0 Å². The summed E-state index contributed by atoms with van der Waals surface area (Å²) in [5, 5.41) is 11.6. The van der Waals surface area contributed by atoms with Gasteiger partial charge in [-0.25, -0.2) is 0 Å². The summed E-state index contributed by atoms with van der Waals surface area (Å²) in [6.07, 6.45) is 12.1. The fourth-order valence-electron chi connectivity index (χ4n) is 5.80. The van der Waals surface area contributed by atoms with Gasteiger partial charge in [0.05, 0.1) is 15.1 Å². The van der Waals surface area contributed by atoms with Gasteiger partial charge in [0.2, 0.25) is 0 Å². The molecular formula is C29H32Br2N2O2. The van der Waals surface area contributed by atoms with Crippen molar-refractivity contribution in [3.63, 3.8) is 0 Å². The van der Waals surface area contributed by atoms with Gasteiger partial charge in [-0.05, 0) is 82.2 Å². The van der Waals surface area contributed by atoms with Crippen LogP contribution >= 0.6 is 31.9 Å². The molecule has 184 valence electrons. The first-order valence-electron chi connectivity index (χ1n) is 12.1. The molecule has 2 aromatic rings. The summed E-state index contributed by atoms with van der Waals surface area (Å²) in [7, 11) is 2.03. The highest BCUT2D eigenvalue weighted by molar-refractivity contribution is 9.10. The highest BCUT2D eigenvalue weighted by Gasteiger charge is 2.47. The Hall–Kier alpha value is -2.18. The van der Waals surface area contributed by atoms with E-state index >= 15 is 0 Å². The fourth-order valence-corrected chi connectivity index (χ4v) is 6.65. The van der Waals surface area contributed by atoms with E-state index in [-0.39, 0.29) is 21.4 Å². The SMILES string of the molecule is C=C(/C=C/C=C1/N(C)c2cc([N+](=O)[O-])c(Br)cc2C12CCCCC2)C(C)(C)c1cc(Br)ccc1C. The number of fused-ring (bicyclic) bond motifs is 2. The Morgan fingerprint density at radius 1 is 1.17 bits per heavy atom. The maximum atomic E-state index is 11.6. The van der Waals surface area contributed by atoms with Gasteiger partial charge < -0.3 is 4.90 Å². The average Bonchev–Trinajstić information content (AvgIpc) is 3.02.